The number of nitrogens with zero attached hydrogens (tertiary/aromatic N) is 2. The third-order valence-corrected chi connectivity index (χ3v) is 4.89. The SMILES string of the molecule is COCCn1nc(C(=O)[O-])c(Cl)c1-c1ccc(CC(C)(C)C(F)(F)F)cc1OC. The number of hydrogen-bond acceptors (Lipinski definition) is 5. The fraction of sp³-hybridized carbons (Fsp3) is 0.474. The summed E-state index contributed by atoms with van der Waals surface area (Å²) in [6.45, 7) is 2.68. The van der Waals surface area contributed by atoms with Gasteiger partial charge >= 0.3 is 6.18 Å². The number of carboxylic acid groups (broad SMARTS) is 1. The molecule has 0 unspecified atom stereocenters. The van der Waals surface area contributed by atoms with Crippen molar-refractivity contribution in [3.8, 4) is 17.0 Å². The van der Waals surface area contributed by atoms with Crippen LogP contribution in [0.4, 0.5) is 13.2 Å². The Balaban J connectivity index is 2.54. The van der Waals surface area contributed by atoms with Crippen LogP contribution in [0.5, 0.6) is 5.75 Å². The Bertz CT molecular complexity index is 894. The Labute approximate surface area is 171 Å². The number of carboxylic acids is 1. The van der Waals surface area contributed by atoms with Crippen LogP contribution in [0.2, 0.25) is 5.02 Å². The van der Waals surface area contributed by atoms with Gasteiger partial charge in [-0.15, -0.1) is 0 Å². The highest BCUT2D eigenvalue weighted by Gasteiger charge is 2.47. The molecular formula is C19H21ClF3N2O4-. The van der Waals surface area contributed by atoms with E-state index in [-0.39, 0.29) is 36.0 Å². The number of alkyl halides is 3. The van der Waals surface area contributed by atoms with Crippen LogP contribution < -0.4 is 9.84 Å². The number of hydrogen-bond donors (Lipinski definition) is 0. The summed E-state index contributed by atoms with van der Waals surface area (Å²) in [7, 11) is 2.84. The van der Waals surface area contributed by atoms with Gasteiger partial charge in [-0.1, -0.05) is 31.5 Å². The molecule has 6 nitrogen and oxygen atoms in total. The molecule has 2 aromatic rings. The minimum absolute atomic E-state index is 0.150. The van der Waals surface area contributed by atoms with Gasteiger partial charge in [0.15, 0.2) is 0 Å². The van der Waals surface area contributed by atoms with Crippen molar-refractivity contribution in [3.05, 3.63) is 34.5 Å². The molecule has 160 valence electrons. The maximum atomic E-state index is 13.2. The van der Waals surface area contributed by atoms with Crippen molar-refractivity contribution in [3.63, 3.8) is 0 Å². The quantitative estimate of drug-likeness (QED) is 0.638. The van der Waals surface area contributed by atoms with E-state index in [9.17, 15) is 23.1 Å². The minimum atomic E-state index is -4.37. The molecule has 0 bridgehead atoms. The summed E-state index contributed by atoms with van der Waals surface area (Å²) in [5, 5.41) is 15.1. The number of carbonyl (C=O) groups is 1. The van der Waals surface area contributed by atoms with Crippen LogP contribution in [0.1, 0.15) is 29.9 Å². The van der Waals surface area contributed by atoms with Crippen molar-refractivity contribution < 1.29 is 32.5 Å². The van der Waals surface area contributed by atoms with E-state index >= 15 is 0 Å². The van der Waals surface area contributed by atoms with E-state index < -0.39 is 23.3 Å². The number of methoxy groups -OCH3 is 2. The number of aromatic nitrogens is 2. The molecule has 1 aromatic carbocycles. The van der Waals surface area contributed by atoms with Crippen molar-refractivity contribution in [2.75, 3.05) is 20.8 Å². The van der Waals surface area contributed by atoms with Crippen LogP contribution in [-0.4, -0.2) is 42.8 Å². The van der Waals surface area contributed by atoms with Gasteiger partial charge in [0.05, 0.1) is 42.4 Å². The third-order valence-electron chi connectivity index (χ3n) is 4.53. The molecule has 1 aromatic heterocycles. The second-order valence-corrected chi connectivity index (χ2v) is 7.49. The smallest absolute Gasteiger partial charge is 0.394 e. The molecule has 1 heterocycles. The van der Waals surface area contributed by atoms with Crippen molar-refractivity contribution in [1.82, 2.24) is 9.78 Å². The molecule has 0 aliphatic carbocycles. The number of rotatable bonds is 8. The Morgan fingerprint density at radius 2 is 1.93 bits per heavy atom. The summed E-state index contributed by atoms with van der Waals surface area (Å²) < 4.78 is 51.3. The standard InChI is InChI=1S/C19H22ClF3N2O4/c1-18(2,19(21,22)23)10-11-5-6-12(13(9-11)29-4)16-14(20)15(17(26)27)24-25(16)7-8-28-3/h5-6,9H,7-8,10H2,1-4H3,(H,26,27)/p-1. The van der Waals surface area contributed by atoms with Gasteiger partial charge in [0.25, 0.3) is 0 Å². The Kier molecular flexibility index (Phi) is 6.85. The lowest BCUT2D eigenvalue weighted by atomic mass is 9.84. The summed E-state index contributed by atoms with van der Waals surface area (Å²) in [6, 6.07) is 4.53. The molecule has 2 rings (SSSR count). The zero-order chi connectivity index (χ0) is 22.0. The molecule has 29 heavy (non-hydrogen) atoms. The molecule has 0 radical (unpaired) electrons. The van der Waals surface area contributed by atoms with Crippen molar-refractivity contribution in [2.45, 2.75) is 33.0 Å². The largest absolute Gasteiger partial charge is 0.543 e. The molecule has 0 amide bonds. The van der Waals surface area contributed by atoms with Crippen molar-refractivity contribution >= 4 is 17.6 Å². The number of halogens is 4. The van der Waals surface area contributed by atoms with Crippen molar-refractivity contribution in [2.24, 2.45) is 5.41 Å². The average molecular weight is 434 g/mol. The topological polar surface area (TPSA) is 76.4 Å². The average Bonchev–Trinajstić information content (AvgIpc) is 2.95. The van der Waals surface area contributed by atoms with Gasteiger partial charge in [0, 0.05) is 12.7 Å². The summed E-state index contributed by atoms with van der Waals surface area (Å²) in [4.78, 5) is 11.3. The molecule has 0 spiro atoms. The van der Waals surface area contributed by atoms with Crippen LogP contribution >= 0.6 is 11.6 Å². The van der Waals surface area contributed by atoms with E-state index in [1.165, 1.54) is 37.1 Å². The normalized spacial score (nSPS) is 12.3. The van der Waals surface area contributed by atoms with Gasteiger partial charge < -0.3 is 19.4 Å². The summed E-state index contributed by atoms with van der Waals surface area (Å²) in [5.41, 5.74) is -1.32. The second-order valence-electron chi connectivity index (χ2n) is 7.11. The number of benzene rings is 1. The maximum Gasteiger partial charge on any atom is 0.394 e. The lowest BCUT2D eigenvalue weighted by Gasteiger charge is -2.28. The second kappa shape index (κ2) is 8.62. The zero-order valence-electron chi connectivity index (χ0n) is 16.4. The van der Waals surface area contributed by atoms with Crippen LogP contribution in [0.15, 0.2) is 18.2 Å². The number of ether oxygens (including phenoxy) is 2. The van der Waals surface area contributed by atoms with Gasteiger partial charge in [-0.25, -0.2) is 0 Å². The molecule has 0 saturated carbocycles. The molecule has 0 atom stereocenters. The van der Waals surface area contributed by atoms with E-state index in [2.05, 4.69) is 5.10 Å². The predicted octanol–water partition coefficient (Wildman–Crippen LogP) is 3.35. The first-order valence-electron chi connectivity index (χ1n) is 8.63. The van der Waals surface area contributed by atoms with Gasteiger partial charge in [-0.3, -0.25) is 4.68 Å². The van der Waals surface area contributed by atoms with Crippen molar-refractivity contribution in [1.29, 1.82) is 0 Å². The molecule has 10 heteroatoms. The first-order chi connectivity index (χ1) is 13.4. The van der Waals surface area contributed by atoms with Gasteiger partial charge in [0.2, 0.25) is 0 Å². The molecule has 0 aliphatic heterocycles. The van der Waals surface area contributed by atoms with E-state index in [4.69, 9.17) is 21.1 Å². The Morgan fingerprint density at radius 1 is 1.28 bits per heavy atom. The van der Waals surface area contributed by atoms with Gasteiger partial charge in [-0.2, -0.15) is 18.3 Å². The fourth-order valence-electron chi connectivity index (χ4n) is 2.82. The van der Waals surface area contributed by atoms with E-state index in [1.807, 2.05) is 0 Å². The van der Waals surface area contributed by atoms with Crippen LogP contribution in [-0.2, 0) is 17.7 Å². The third kappa shape index (κ3) is 4.84. The zero-order valence-corrected chi connectivity index (χ0v) is 17.1. The van der Waals surface area contributed by atoms with E-state index in [0.717, 1.165) is 13.8 Å². The summed E-state index contributed by atoms with van der Waals surface area (Å²) >= 11 is 6.22. The minimum Gasteiger partial charge on any atom is -0.543 e. The maximum absolute atomic E-state index is 13.2. The number of carbonyl (C=O) groups excluding carboxylic acids is 1. The molecule has 0 aliphatic rings. The van der Waals surface area contributed by atoms with Crippen LogP contribution in [0.3, 0.4) is 0 Å². The lowest BCUT2D eigenvalue weighted by Crippen LogP contribution is -2.34. The van der Waals surface area contributed by atoms with E-state index in [0.29, 0.717) is 11.1 Å². The molecular weight excluding hydrogens is 413 g/mol. The first kappa shape index (κ1) is 23.0. The molecule has 0 saturated heterocycles. The Hall–Kier alpha value is -2.26. The predicted molar refractivity (Wildman–Crippen MR) is 99.0 cm³/mol. The summed E-state index contributed by atoms with van der Waals surface area (Å²) in [5.74, 6) is -1.30. The highest BCUT2D eigenvalue weighted by molar-refractivity contribution is 6.35. The fourth-order valence-corrected chi connectivity index (χ4v) is 3.13. The summed E-state index contributed by atoms with van der Waals surface area (Å²) in [6.07, 6.45) is -4.63. The highest BCUT2D eigenvalue weighted by atomic mass is 35.5. The van der Waals surface area contributed by atoms with E-state index in [1.54, 1.807) is 0 Å². The highest BCUT2D eigenvalue weighted by Crippen LogP contribution is 2.42. The number of aromatic carboxylic acids is 1. The van der Waals surface area contributed by atoms with Crippen LogP contribution in [0.25, 0.3) is 11.3 Å². The monoisotopic (exact) mass is 433 g/mol. The lowest BCUT2D eigenvalue weighted by molar-refractivity contribution is -0.255. The van der Waals surface area contributed by atoms with Crippen LogP contribution in [0, 0.1) is 5.41 Å². The van der Waals surface area contributed by atoms with Gasteiger partial charge in [-0.05, 0) is 24.1 Å². The first-order valence-corrected chi connectivity index (χ1v) is 9.01. The molecule has 0 fully saturated rings. The molecule has 0 N–H and O–H groups in total. The van der Waals surface area contributed by atoms with Gasteiger partial charge in [0.1, 0.15) is 11.4 Å². The Morgan fingerprint density at radius 3 is 2.45 bits per heavy atom.